The molecular formula is C17H11ClO4. The molecule has 0 N–H and O–H groups in total. The first-order valence-corrected chi connectivity index (χ1v) is 6.93. The third kappa shape index (κ3) is 2.73. The van der Waals surface area contributed by atoms with Crippen molar-refractivity contribution in [2.24, 2.45) is 0 Å². The lowest BCUT2D eigenvalue weighted by atomic mass is 10.1. The van der Waals surface area contributed by atoms with Crippen LogP contribution < -0.4 is 10.2 Å². The van der Waals surface area contributed by atoms with Gasteiger partial charge in [-0.1, -0.05) is 23.7 Å². The molecule has 0 unspecified atom stereocenters. The largest absolute Gasteiger partial charge is 0.448 e. The van der Waals surface area contributed by atoms with Crippen LogP contribution in [0.15, 0.2) is 57.7 Å². The van der Waals surface area contributed by atoms with Crippen molar-refractivity contribution < 1.29 is 13.9 Å². The number of rotatable bonds is 2. The fourth-order valence-corrected chi connectivity index (χ4v) is 2.20. The van der Waals surface area contributed by atoms with Gasteiger partial charge >= 0.3 is 5.97 Å². The second kappa shape index (κ2) is 5.66. The Balaban J connectivity index is 1.99. The molecule has 0 aliphatic carbocycles. The SMILES string of the molecule is Cc1cccc2c(=O)cc(C(=O)Oc3ccc(Cl)cc3)oc12. The van der Waals surface area contributed by atoms with Crippen molar-refractivity contribution >= 4 is 28.5 Å². The number of para-hydroxylation sites is 1. The minimum Gasteiger partial charge on any atom is -0.448 e. The van der Waals surface area contributed by atoms with Gasteiger partial charge in [-0.05, 0) is 42.8 Å². The van der Waals surface area contributed by atoms with E-state index in [9.17, 15) is 9.59 Å². The first-order chi connectivity index (χ1) is 10.5. The number of aryl methyl sites for hydroxylation is 1. The van der Waals surface area contributed by atoms with Gasteiger partial charge in [0.1, 0.15) is 11.3 Å². The van der Waals surface area contributed by atoms with Crippen molar-refractivity contribution in [2.45, 2.75) is 6.92 Å². The predicted molar refractivity (Wildman–Crippen MR) is 83.6 cm³/mol. The molecule has 110 valence electrons. The summed E-state index contributed by atoms with van der Waals surface area (Å²) in [5, 5.41) is 0.968. The van der Waals surface area contributed by atoms with Crippen LogP contribution in [0.1, 0.15) is 16.1 Å². The molecule has 0 amide bonds. The molecule has 3 aromatic rings. The van der Waals surface area contributed by atoms with E-state index in [0.717, 1.165) is 11.6 Å². The number of fused-ring (bicyclic) bond motifs is 1. The normalized spacial score (nSPS) is 10.6. The van der Waals surface area contributed by atoms with Gasteiger partial charge in [0, 0.05) is 11.1 Å². The molecule has 0 aliphatic rings. The standard InChI is InChI=1S/C17H11ClO4/c1-10-3-2-4-13-14(19)9-15(22-16(10)13)17(20)21-12-7-5-11(18)6-8-12/h2-9H,1H3. The third-order valence-corrected chi connectivity index (χ3v) is 3.43. The van der Waals surface area contributed by atoms with Gasteiger partial charge in [-0.15, -0.1) is 0 Å². The van der Waals surface area contributed by atoms with Gasteiger partial charge in [0.05, 0.1) is 5.39 Å². The number of halogens is 1. The molecule has 0 spiro atoms. The minimum atomic E-state index is -0.732. The number of hydrogen-bond acceptors (Lipinski definition) is 4. The Morgan fingerprint density at radius 2 is 1.86 bits per heavy atom. The summed E-state index contributed by atoms with van der Waals surface area (Å²) in [4.78, 5) is 24.2. The molecule has 0 bridgehead atoms. The number of benzene rings is 2. The van der Waals surface area contributed by atoms with Crippen LogP contribution in [0.5, 0.6) is 5.75 Å². The fraction of sp³-hybridized carbons (Fsp3) is 0.0588. The predicted octanol–water partition coefficient (Wildman–Crippen LogP) is 3.97. The van der Waals surface area contributed by atoms with E-state index >= 15 is 0 Å². The molecule has 3 rings (SSSR count). The second-order valence-corrected chi connectivity index (χ2v) is 5.21. The van der Waals surface area contributed by atoms with Crippen molar-refractivity contribution in [2.75, 3.05) is 0 Å². The lowest BCUT2D eigenvalue weighted by molar-refractivity contribution is 0.0702. The summed E-state index contributed by atoms with van der Waals surface area (Å²) < 4.78 is 10.7. The van der Waals surface area contributed by atoms with Crippen LogP contribution in [0.25, 0.3) is 11.0 Å². The molecule has 0 fully saturated rings. The molecule has 1 aromatic heterocycles. The Labute approximate surface area is 130 Å². The zero-order valence-electron chi connectivity index (χ0n) is 11.6. The van der Waals surface area contributed by atoms with E-state index in [0.29, 0.717) is 21.7 Å². The van der Waals surface area contributed by atoms with E-state index in [1.165, 1.54) is 0 Å². The Morgan fingerprint density at radius 1 is 1.14 bits per heavy atom. The van der Waals surface area contributed by atoms with E-state index in [2.05, 4.69) is 0 Å². The van der Waals surface area contributed by atoms with Crippen molar-refractivity contribution in [3.05, 3.63) is 75.1 Å². The van der Waals surface area contributed by atoms with Gasteiger partial charge in [0.15, 0.2) is 5.43 Å². The summed E-state index contributed by atoms with van der Waals surface area (Å²) in [5.74, 6) is -0.548. The van der Waals surface area contributed by atoms with Gasteiger partial charge < -0.3 is 9.15 Å². The molecule has 5 heteroatoms. The number of ether oxygens (including phenoxy) is 1. The Kier molecular flexibility index (Phi) is 3.69. The lowest BCUT2D eigenvalue weighted by Crippen LogP contribution is -2.12. The number of carbonyl (C=O) groups excluding carboxylic acids is 1. The molecule has 2 aromatic carbocycles. The van der Waals surface area contributed by atoms with Crippen LogP contribution in [0.3, 0.4) is 0 Å². The van der Waals surface area contributed by atoms with E-state index < -0.39 is 5.97 Å². The summed E-state index contributed by atoms with van der Waals surface area (Å²) in [6.45, 7) is 1.81. The monoisotopic (exact) mass is 314 g/mol. The van der Waals surface area contributed by atoms with Crippen LogP contribution in [-0.2, 0) is 0 Å². The highest BCUT2D eigenvalue weighted by Gasteiger charge is 2.15. The summed E-state index contributed by atoms with van der Waals surface area (Å²) in [7, 11) is 0. The maximum atomic E-state index is 12.1. The van der Waals surface area contributed by atoms with Gasteiger partial charge in [-0.25, -0.2) is 4.79 Å². The number of esters is 1. The van der Waals surface area contributed by atoms with Gasteiger partial charge in [0.2, 0.25) is 5.76 Å². The van der Waals surface area contributed by atoms with Crippen LogP contribution >= 0.6 is 11.6 Å². The molecule has 0 atom stereocenters. The molecule has 0 saturated carbocycles. The van der Waals surface area contributed by atoms with Crippen molar-refractivity contribution in [1.29, 1.82) is 0 Å². The molecular weight excluding hydrogens is 304 g/mol. The fourth-order valence-electron chi connectivity index (χ4n) is 2.08. The summed E-state index contributed by atoms with van der Waals surface area (Å²) >= 11 is 5.77. The molecule has 22 heavy (non-hydrogen) atoms. The second-order valence-electron chi connectivity index (χ2n) is 4.77. The van der Waals surface area contributed by atoms with Crippen molar-refractivity contribution in [1.82, 2.24) is 0 Å². The minimum absolute atomic E-state index is 0.137. The zero-order valence-corrected chi connectivity index (χ0v) is 12.4. The van der Waals surface area contributed by atoms with E-state index in [1.54, 1.807) is 49.4 Å². The molecule has 0 aliphatic heterocycles. The maximum absolute atomic E-state index is 12.1. The Morgan fingerprint density at radius 3 is 2.59 bits per heavy atom. The average molecular weight is 315 g/mol. The van der Waals surface area contributed by atoms with Gasteiger partial charge in [0.25, 0.3) is 0 Å². The zero-order chi connectivity index (χ0) is 15.7. The first-order valence-electron chi connectivity index (χ1n) is 6.56. The lowest BCUT2D eigenvalue weighted by Gasteiger charge is -2.05. The van der Waals surface area contributed by atoms with E-state index in [1.807, 2.05) is 0 Å². The molecule has 4 nitrogen and oxygen atoms in total. The first kappa shape index (κ1) is 14.4. The average Bonchev–Trinajstić information content (AvgIpc) is 2.50. The van der Waals surface area contributed by atoms with E-state index in [-0.39, 0.29) is 11.2 Å². The quantitative estimate of drug-likeness (QED) is 0.530. The van der Waals surface area contributed by atoms with Crippen LogP contribution in [0.2, 0.25) is 5.02 Å². The Bertz CT molecular complexity index is 910. The van der Waals surface area contributed by atoms with E-state index in [4.69, 9.17) is 20.8 Å². The van der Waals surface area contributed by atoms with Crippen LogP contribution in [-0.4, -0.2) is 5.97 Å². The summed E-state index contributed by atoms with van der Waals surface area (Å²) in [6, 6.07) is 12.7. The maximum Gasteiger partial charge on any atom is 0.379 e. The highest BCUT2D eigenvalue weighted by molar-refractivity contribution is 6.30. The van der Waals surface area contributed by atoms with Crippen LogP contribution in [0.4, 0.5) is 0 Å². The summed E-state index contributed by atoms with van der Waals surface area (Å²) in [6.07, 6.45) is 0. The van der Waals surface area contributed by atoms with Crippen molar-refractivity contribution in [3.8, 4) is 5.75 Å². The highest BCUT2D eigenvalue weighted by atomic mass is 35.5. The number of carbonyl (C=O) groups is 1. The number of hydrogen-bond donors (Lipinski definition) is 0. The highest BCUT2D eigenvalue weighted by Crippen LogP contribution is 2.19. The third-order valence-electron chi connectivity index (χ3n) is 3.18. The molecule has 0 radical (unpaired) electrons. The Hall–Kier alpha value is -2.59. The van der Waals surface area contributed by atoms with Gasteiger partial charge in [-0.2, -0.15) is 0 Å². The van der Waals surface area contributed by atoms with Crippen molar-refractivity contribution in [3.63, 3.8) is 0 Å². The van der Waals surface area contributed by atoms with Crippen LogP contribution in [0, 0.1) is 6.92 Å². The summed E-state index contributed by atoms with van der Waals surface area (Å²) in [5.41, 5.74) is 0.877. The molecule has 1 heterocycles. The smallest absolute Gasteiger partial charge is 0.379 e. The van der Waals surface area contributed by atoms with Gasteiger partial charge in [-0.3, -0.25) is 4.79 Å². The molecule has 0 saturated heterocycles. The topological polar surface area (TPSA) is 56.5 Å².